The molecule has 0 aliphatic rings. The van der Waals surface area contributed by atoms with Crippen molar-refractivity contribution in [1.82, 2.24) is 9.97 Å². The number of nitrogens with zero attached hydrogens (tertiary/aromatic N) is 2. The zero-order chi connectivity index (χ0) is 36.9. The summed E-state index contributed by atoms with van der Waals surface area (Å²) in [5.41, 5.74) is 6.51. The SMILES string of the molecule is CC(C)Cc1nc(-c2ccnc(-c3[c-]c4ccccc4c(C(C)(C)C)c3)c2)cc2occc12.CCC(C)(CC)C(=O)/C=C(\O)C(C)(CC)CC.[Ir]. The van der Waals surface area contributed by atoms with Crippen molar-refractivity contribution in [2.75, 3.05) is 0 Å². The van der Waals surface area contributed by atoms with Crippen LogP contribution >= 0.6 is 0 Å². The number of aliphatic hydroxyl groups is 1. The van der Waals surface area contributed by atoms with Gasteiger partial charge in [-0.2, -0.15) is 0 Å². The van der Waals surface area contributed by atoms with Crippen molar-refractivity contribution >= 4 is 27.5 Å². The summed E-state index contributed by atoms with van der Waals surface area (Å²) in [7, 11) is 0. The zero-order valence-corrected chi connectivity index (χ0v) is 34.9. The average molecular weight is 866 g/mol. The molecule has 51 heavy (non-hydrogen) atoms. The third kappa shape index (κ3) is 9.64. The molecule has 0 amide bonds. The molecule has 0 unspecified atom stereocenters. The Labute approximate surface area is 319 Å². The van der Waals surface area contributed by atoms with E-state index in [0.29, 0.717) is 5.92 Å². The summed E-state index contributed by atoms with van der Waals surface area (Å²) >= 11 is 0. The van der Waals surface area contributed by atoms with Crippen LogP contribution in [0.25, 0.3) is 44.3 Å². The second-order valence-electron chi connectivity index (χ2n) is 15.6. The van der Waals surface area contributed by atoms with Gasteiger partial charge in [0, 0.05) is 60.4 Å². The summed E-state index contributed by atoms with van der Waals surface area (Å²) in [6, 6.07) is 22.5. The number of fused-ring (bicyclic) bond motifs is 2. The van der Waals surface area contributed by atoms with Gasteiger partial charge in [-0.15, -0.1) is 29.1 Å². The summed E-state index contributed by atoms with van der Waals surface area (Å²) in [5.74, 6) is 0.801. The standard InChI is InChI=1S/C30H29N2O.C15H28O2.Ir/c1-19(2)14-28-24-11-13-33-29(24)18-27(32-28)21-10-12-31-26(17-21)22-15-20-8-6-7-9-23(20)25(16-22)30(3,4)5;1-7-14(5,8-2)12(16)11-13(17)15(6,9-3)10-4;/h6-13,16-19H,14H2,1-5H3;11,16H,7-10H2,1-6H3;/q-1;;/b;12-11-;. The number of rotatable bonds is 11. The molecule has 1 radical (unpaired) electrons. The van der Waals surface area contributed by atoms with Gasteiger partial charge in [-0.3, -0.25) is 14.8 Å². The van der Waals surface area contributed by atoms with Gasteiger partial charge in [-0.05, 0) is 61.1 Å². The van der Waals surface area contributed by atoms with Crippen LogP contribution < -0.4 is 0 Å². The van der Waals surface area contributed by atoms with Gasteiger partial charge in [-0.1, -0.05) is 111 Å². The minimum Gasteiger partial charge on any atom is -0.512 e. The Hall–Kier alpha value is -3.60. The van der Waals surface area contributed by atoms with E-state index < -0.39 is 0 Å². The van der Waals surface area contributed by atoms with E-state index in [2.05, 4.69) is 77.1 Å². The summed E-state index contributed by atoms with van der Waals surface area (Å²) in [6.45, 7) is 23.3. The third-order valence-electron chi connectivity index (χ3n) is 10.6. The smallest absolute Gasteiger partial charge is 0.164 e. The van der Waals surface area contributed by atoms with E-state index >= 15 is 0 Å². The number of carbonyl (C=O) groups is 1. The van der Waals surface area contributed by atoms with Crippen molar-refractivity contribution in [3.05, 3.63) is 96.2 Å². The maximum atomic E-state index is 12.2. The predicted molar refractivity (Wildman–Crippen MR) is 209 cm³/mol. The molecule has 0 atom stereocenters. The van der Waals surface area contributed by atoms with Gasteiger partial charge in [0.05, 0.1) is 17.7 Å². The van der Waals surface area contributed by atoms with Gasteiger partial charge >= 0.3 is 0 Å². The molecule has 2 aromatic carbocycles. The van der Waals surface area contributed by atoms with Gasteiger partial charge in [0.25, 0.3) is 0 Å². The first-order valence-electron chi connectivity index (χ1n) is 18.3. The number of pyridine rings is 2. The summed E-state index contributed by atoms with van der Waals surface area (Å²) in [4.78, 5) is 21.9. The number of carbonyl (C=O) groups excluding carboxylic acids is 1. The van der Waals surface area contributed by atoms with E-state index in [4.69, 9.17) is 14.4 Å². The number of hydrogen-bond acceptors (Lipinski definition) is 5. The van der Waals surface area contributed by atoms with Crippen LogP contribution in [0.15, 0.2) is 83.3 Å². The van der Waals surface area contributed by atoms with E-state index in [1.54, 1.807) is 6.26 Å². The molecule has 0 aliphatic heterocycles. The van der Waals surface area contributed by atoms with Crippen LogP contribution in [0.1, 0.15) is 113 Å². The van der Waals surface area contributed by atoms with Crippen molar-refractivity contribution in [3.8, 4) is 22.5 Å². The minimum absolute atomic E-state index is 0. The predicted octanol–water partition coefficient (Wildman–Crippen LogP) is 12.7. The molecule has 3 heterocycles. The van der Waals surface area contributed by atoms with Crippen LogP contribution in [0.4, 0.5) is 0 Å². The molecular formula is C45H57IrN2O3-. The van der Waals surface area contributed by atoms with Crippen LogP contribution in [0.5, 0.6) is 0 Å². The van der Waals surface area contributed by atoms with Crippen LogP contribution in [0.2, 0.25) is 0 Å². The maximum Gasteiger partial charge on any atom is 0.164 e. The monoisotopic (exact) mass is 866 g/mol. The average Bonchev–Trinajstić information content (AvgIpc) is 3.59. The molecule has 1 N–H and O–H groups in total. The Morgan fingerprint density at radius 2 is 1.51 bits per heavy atom. The van der Waals surface area contributed by atoms with Gasteiger partial charge < -0.3 is 9.52 Å². The molecule has 0 bridgehead atoms. The van der Waals surface area contributed by atoms with Crippen molar-refractivity contribution in [1.29, 1.82) is 0 Å². The molecule has 6 heteroatoms. The van der Waals surface area contributed by atoms with Gasteiger partial charge in [0.2, 0.25) is 0 Å². The normalized spacial score (nSPS) is 12.5. The summed E-state index contributed by atoms with van der Waals surface area (Å²) in [6.07, 6.45) is 9.27. The number of furan rings is 1. The Kier molecular flexibility index (Phi) is 14.2. The summed E-state index contributed by atoms with van der Waals surface area (Å²) < 4.78 is 5.76. The number of benzene rings is 2. The molecule has 275 valence electrons. The molecule has 0 saturated carbocycles. The number of aliphatic hydroxyl groups excluding tert-OH is 1. The van der Waals surface area contributed by atoms with E-state index in [9.17, 15) is 9.90 Å². The molecule has 0 aliphatic carbocycles. The molecule has 5 aromatic rings. The first kappa shape index (κ1) is 41.8. The fourth-order valence-electron chi connectivity index (χ4n) is 6.13. The van der Waals surface area contributed by atoms with E-state index in [1.807, 2.05) is 65.9 Å². The van der Waals surface area contributed by atoms with Crippen LogP contribution in [-0.4, -0.2) is 20.9 Å². The molecule has 5 rings (SSSR count). The van der Waals surface area contributed by atoms with Crippen LogP contribution in [0, 0.1) is 22.8 Å². The van der Waals surface area contributed by atoms with Crippen molar-refractivity contribution in [2.45, 2.75) is 114 Å². The molecule has 0 spiro atoms. The number of allylic oxidation sites excluding steroid dienone is 2. The van der Waals surface area contributed by atoms with Gasteiger partial charge in [0.1, 0.15) is 11.3 Å². The van der Waals surface area contributed by atoms with Gasteiger partial charge in [-0.25, -0.2) is 0 Å². The van der Waals surface area contributed by atoms with Crippen LogP contribution in [0.3, 0.4) is 0 Å². The first-order valence-corrected chi connectivity index (χ1v) is 18.3. The maximum absolute atomic E-state index is 12.2. The van der Waals surface area contributed by atoms with E-state index in [1.165, 1.54) is 17.0 Å². The number of ketones is 1. The quantitative estimate of drug-likeness (QED) is 0.0813. The van der Waals surface area contributed by atoms with Gasteiger partial charge in [0.15, 0.2) is 5.78 Å². The first-order chi connectivity index (χ1) is 23.6. The fourth-order valence-corrected chi connectivity index (χ4v) is 6.13. The van der Waals surface area contributed by atoms with E-state index in [0.717, 1.165) is 76.7 Å². The van der Waals surface area contributed by atoms with E-state index in [-0.39, 0.29) is 47.9 Å². The minimum atomic E-state index is -0.337. The second-order valence-corrected chi connectivity index (χ2v) is 15.6. The van der Waals surface area contributed by atoms with Crippen LogP contribution in [-0.2, 0) is 36.7 Å². The topological polar surface area (TPSA) is 76.2 Å². The molecule has 0 fully saturated rings. The Morgan fingerprint density at radius 1 is 0.863 bits per heavy atom. The Bertz CT molecular complexity index is 1960. The fraction of sp³-hybridized carbons (Fsp3) is 0.444. The number of hydrogen-bond donors (Lipinski definition) is 1. The summed E-state index contributed by atoms with van der Waals surface area (Å²) in [5, 5.41) is 13.6. The molecular weight excluding hydrogens is 809 g/mol. The Morgan fingerprint density at radius 3 is 2.12 bits per heavy atom. The second kappa shape index (κ2) is 17.3. The molecule has 3 aromatic heterocycles. The zero-order valence-electron chi connectivity index (χ0n) is 32.5. The molecule has 0 saturated heterocycles. The largest absolute Gasteiger partial charge is 0.512 e. The third-order valence-corrected chi connectivity index (χ3v) is 10.6. The number of aromatic nitrogens is 2. The van der Waals surface area contributed by atoms with Crippen molar-refractivity contribution in [3.63, 3.8) is 0 Å². The Balaban J connectivity index is 0.000000335. The van der Waals surface area contributed by atoms with Crippen molar-refractivity contribution < 1.29 is 34.4 Å². The van der Waals surface area contributed by atoms with Crippen molar-refractivity contribution in [2.24, 2.45) is 16.7 Å². The molecule has 5 nitrogen and oxygen atoms in total.